The van der Waals surface area contributed by atoms with Crippen LogP contribution in [0.1, 0.15) is 26.3 Å². The molecule has 0 saturated carbocycles. The number of aliphatic imine (C=N–C) groups is 1. The minimum atomic E-state index is -0.630. The second kappa shape index (κ2) is 9.92. The molecule has 0 aromatic heterocycles. The molecule has 0 aliphatic rings. The van der Waals surface area contributed by atoms with Crippen LogP contribution < -0.4 is 10.6 Å². The molecule has 0 spiro atoms. The fourth-order valence-corrected chi connectivity index (χ4v) is 2.00. The Balaban J connectivity index is 0.00000484. The summed E-state index contributed by atoms with van der Waals surface area (Å²) in [5, 5.41) is 15.5. The van der Waals surface area contributed by atoms with E-state index in [1.54, 1.807) is 20.2 Å². The number of phenols is 1. The highest BCUT2D eigenvalue weighted by Crippen LogP contribution is 2.21. The Bertz CT molecular complexity index is 519. The molecular weight excluding hydrogens is 412 g/mol. The number of ether oxygens (including phenoxy) is 1. The number of aromatic hydroxyl groups is 1. The molecule has 1 aromatic carbocycles. The summed E-state index contributed by atoms with van der Waals surface area (Å²) in [4.78, 5) is 4.13. The third-order valence-corrected chi connectivity index (χ3v) is 3.40. The number of halogens is 2. The molecule has 0 fully saturated rings. The lowest BCUT2D eigenvalue weighted by atomic mass is 9.89. The van der Waals surface area contributed by atoms with Crippen molar-refractivity contribution in [2.24, 2.45) is 10.4 Å². The average Bonchev–Trinajstić information content (AvgIpc) is 2.45. The van der Waals surface area contributed by atoms with Crippen molar-refractivity contribution in [3.05, 3.63) is 29.6 Å². The van der Waals surface area contributed by atoms with E-state index in [9.17, 15) is 9.50 Å². The van der Waals surface area contributed by atoms with Gasteiger partial charge in [0.05, 0.1) is 6.10 Å². The van der Waals surface area contributed by atoms with Gasteiger partial charge in [0.25, 0.3) is 0 Å². The molecule has 3 N–H and O–H groups in total. The van der Waals surface area contributed by atoms with E-state index in [2.05, 4.69) is 36.4 Å². The zero-order valence-electron chi connectivity index (χ0n) is 14.3. The van der Waals surface area contributed by atoms with Crippen LogP contribution in [-0.4, -0.2) is 37.9 Å². The molecule has 7 heteroatoms. The van der Waals surface area contributed by atoms with E-state index < -0.39 is 5.82 Å². The Labute approximate surface area is 154 Å². The van der Waals surface area contributed by atoms with Crippen molar-refractivity contribution < 1.29 is 14.2 Å². The number of phenolic OH excluding ortho intramolecular Hbond substituents is 1. The van der Waals surface area contributed by atoms with Crippen LogP contribution in [0, 0.1) is 11.2 Å². The maximum absolute atomic E-state index is 13.3. The Morgan fingerprint density at radius 3 is 2.48 bits per heavy atom. The Kier molecular flexibility index (Phi) is 9.45. The molecule has 0 aliphatic carbocycles. The maximum Gasteiger partial charge on any atom is 0.191 e. The van der Waals surface area contributed by atoms with Crippen LogP contribution in [0.15, 0.2) is 23.2 Å². The summed E-state index contributed by atoms with van der Waals surface area (Å²) in [6, 6.07) is 4.29. The Morgan fingerprint density at radius 1 is 1.35 bits per heavy atom. The highest BCUT2D eigenvalue weighted by atomic mass is 127. The lowest BCUT2D eigenvalue weighted by molar-refractivity contribution is 0.0205. The van der Waals surface area contributed by atoms with Crippen molar-refractivity contribution in [3.8, 4) is 5.75 Å². The van der Waals surface area contributed by atoms with Crippen LogP contribution in [0.2, 0.25) is 0 Å². The number of methoxy groups -OCH3 is 1. The number of guanidine groups is 1. The zero-order chi connectivity index (χ0) is 16.8. The first-order chi connectivity index (χ1) is 10.3. The average molecular weight is 439 g/mol. The number of hydrogen-bond acceptors (Lipinski definition) is 3. The smallest absolute Gasteiger partial charge is 0.191 e. The largest absolute Gasteiger partial charge is 0.505 e. The molecule has 1 unspecified atom stereocenters. The summed E-state index contributed by atoms with van der Waals surface area (Å²) in [7, 11) is 3.36. The van der Waals surface area contributed by atoms with Crippen molar-refractivity contribution in [3.63, 3.8) is 0 Å². The molecule has 0 radical (unpaired) electrons. The van der Waals surface area contributed by atoms with Crippen molar-refractivity contribution in [1.29, 1.82) is 0 Å². The van der Waals surface area contributed by atoms with Crippen molar-refractivity contribution in [2.45, 2.75) is 33.4 Å². The summed E-state index contributed by atoms with van der Waals surface area (Å²) in [6.07, 6.45) is 0.0390. The van der Waals surface area contributed by atoms with Crippen molar-refractivity contribution >= 4 is 29.9 Å². The molecule has 23 heavy (non-hydrogen) atoms. The van der Waals surface area contributed by atoms with E-state index >= 15 is 0 Å². The van der Waals surface area contributed by atoms with E-state index in [1.807, 2.05) is 0 Å². The minimum Gasteiger partial charge on any atom is -0.505 e. The predicted octanol–water partition coefficient (Wildman–Crippen LogP) is 2.88. The molecule has 1 aromatic rings. The second-order valence-electron chi connectivity index (χ2n) is 6.18. The molecule has 1 atom stereocenters. The summed E-state index contributed by atoms with van der Waals surface area (Å²) >= 11 is 0. The van der Waals surface area contributed by atoms with Crippen LogP contribution in [-0.2, 0) is 11.3 Å². The fraction of sp³-hybridized carbons (Fsp3) is 0.562. The van der Waals surface area contributed by atoms with Crippen LogP contribution in [0.3, 0.4) is 0 Å². The third kappa shape index (κ3) is 7.34. The normalized spacial score (nSPS) is 13.2. The number of benzene rings is 1. The third-order valence-electron chi connectivity index (χ3n) is 3.40. The quantitative estimate of drug-likeness (QED) is 0.375. The highest BCUT2D eigenvalue weighted by molar-refractivity contribution is 14.0. The van der Waals surface area contributed by atoms with E-state index in [4.69, 9.17) is 4.74 Å². The van der Waals surface area contributed by atoms with Gasteiger partial charge in [-0.25, -0.2) is 4.39 Å². The first kappa shape index (κ1) is 21.9. The SMILES string of the molecule is CN=C(NCc1ccc(O)c(F)c1)NCC(OC)C(C)(C)C.I. The Hall–Kier alpha value is -1.09. The van der Waals surface area contributed by atoms with Gasteiger partial charge in [-0.2, -0.15) is 0 Å². The van der Waals surface area contributed by atoms with Crippen LogP contribution in [0.25, 0.3) is 0 Å². The molecule has 1 rings (SSSR count). The second-order valence-corrected chi connectivity index (χ2v) is 6.18. The molecule has 0 saturated heterocycles. The molecule has 5 nitrogen and oxygen atoms in total. The number of hydrogen-bond donors (Lipinski definition) is 3. The first-order valence-corrected chi connectivity index (χ1v) is 7.22. The van der Waals surface area contributed by atoms with Gasteiger partial charge in [-0.1, -0.05) is 26.8 Å². The summed E-state index contributed by atoms with van der Waals surface area (Å²) < 4.78 is 18.8. The van der Waals surface area contributed by atoms with E-state index in [-0.39, 0.29) is 41.2 Å². The number of rotatable bonds is 5. The van der Waals surface area contributed by atoms with Gasteiger partial charge in [0.2, 0.25) is 0 Å². The van der Waals surface area contributed by atoms with E-state index in [0.29, 0.717) is 19.0 Å². The fourth-order valence-electron chi connectivity index (χ4n) is 2.00. The molecule has 132 valence electrons. The van der Waals surface area contributed by atoms with Crippen LogP contribution >= 0.6 is 24.0 Å². The Morgan fingerprint density at radius 2 is 2.00 bits per heavy atom. The van der Waals surface area contributed by atoms with Gasteiger partial charge in [-0.15, -0.1) is 24.0 Å². The first-order valence-electron chi connectivity index (χ1n) is 7.22. The summed E-state index contributed by atoms with van der Waals surface area (Å²) in [6.45, 7) is 7.35. The topological polar surface area (TPSA) is 65.9 Å². The monoisotopic (exact) mass is 439 g/mol. The minimum absolute atomic E-state index is 0. The van der Waals surface area contributed by atoms with Gasteiger partial charge in [-0.05, 0) is 23.1 Å². The highest BCUT2D eigenvalue weighted by Gasteiger charge is 2.24. The predicted molar refractivity (Wildman–Crippen MR) is 102 cm³/mol. The number of nitrogens with one attached hydrogen (secondary N) is 2. The molecule has 0 heterocycles. The van der Waals surface area contributed by atoms with Gasteiger partial charge < -0.3 is 20.5 Å². The van der Waals surface area contributed by atoms with Crippen LogP contribution in [0.4, 0.5) is 4.39 Å². The van der Waals surface area contributed by atoms with Crippen LogP contribution in [0.5, 0.6) is 5.75 Å². The zero-order valence-corrected chi connectivity index (χ0v) is 16.6. The van der Waals surface area contributed by atoms with Gasteiger partial charge >= 0.3 is 0 Å². The van der Waals surface area contributed by atoms with Gasteiger partial charge in [0.1, 0.15) is 0 Å². The lowest BCUT2D eigenvalue weighted by Crippen LogP contribution is -2.45. The van der Waals surface area contributed by atoms with E-state index in [1.165, 1.54) is 12.1 Å². The van der Waals surface area contributed by atoms with Gasteiger partial charge in [0.15, 0.2) is 17.5 Å². The molecular formula is C16H27FIN3O2. The summed E-state index contributed by atoms with van der Waals surface area (Å²) in [5.41, 5.74) is 0.734. The molecule has 0 bridgehead atoms. The van der Waals surface area contributed by atoms with Gasteiger partial charge in [0, 0.05) is 27.2 Å². The summed E-state index contributed by atoms with van der Waals surface area (Å²) in [5.74, 6) is -0.367. The van der Waals surface area contributed by atoms with Crippen molar-refractivity contribution in [2.75, 3.05) is 20.7 Å². The number of nitrogens with zero attached hydrogens (tertiary/aromatic N) is 1. The lowest BCUT2D eigenvalue weighted by Gasteiger charge is -2.30. The van der Waals surface area contributed by atoms with Gasteiger partial charge in [-0.3, -0.25) is 4.99 Å². The maximum atomic E-state index is 13.3. The van der Waals surface area contributed by atoms with Crippen molar-refractivity contribution in [1.82, 2.24) is 10.6 Å². The molecule has 0 amide bonds. The molecule has 0 aliphatic heterocycles. The van der Waals surface area contributed by atoms with E-state index in [0.717, 1.165) is 5.56 Å². The standard InChI is InChI=1S/C16H26FN3O2.HI/c1-16(2,3)14(22-5)10-20-15(18-4)19-9-11-6-7-13(21)12(17)8-11;/h6-8,14,21H,9-10H2,1-5H3,(H2,18,19,20);1H.